The van der Waals surface area contributed by atoms with Crippen molar-refractivity contribution in [3.8, 4) is 39.7 Å². The summed E-state index contributed by atoms with van der Waals surface area (Å²) in [6.07, 6.45) is 1.10. The number of carbonyl (C=O) groups is 1. The van der Waals surface area contributed by atoms with E-state index in [1.54, 1.807) is 24.3 Å². The summed E-state index contributed by atoms with van der Waals surface area (Å²) in [6, 6.07) is 20.4. The molecule has 0 bridgehead atoms. The summed E-state index contributed by atoms with van der Waals surface area (Å²) in [6.45, 7) is 0.648. The summed E-state index contributed by atoms with van der Waals surface area (Å²) in [7, 11) is -0.781. The van der Waals surface area contributed by atoms with E-state index in [-0.39, 0.29) is 23.6 Å². The van der Waals surface area contributed by atoms with Gasteiger partial charge in [-0.1, -0.05) is 18.2 Å². The van der Waals surface area contributed by atoms with Crippen LogP contribution in [0.4, 0.5) is 10.1 Å². The molecular formula is C33H28FN5O5S. The van der Waals surface area contributed by atoms with Gasteiger partial charge in [0.1, 0.15) is 28.6 Å². The summed E-state index contributed by atoms with van der Waals surface area (Å²) in [5, 5.41) is 4.09. The van der Waals surface area contributed by atoms with E-state index in [1.807, 2.05) is 28.8 Å². The van der Waals surface area contributed by atoms with Crippen molar-refractivity contribution < 1.29 is 26.8 Å². The van der Waals surface area contributed by atoms with Gasteiger partial charge in [-0.25, -0.2) is 17.8 Å². The molecule has 6 aromatic rings. The van der Waals surface area contributed by atoms with Crippen LogP contribution in [0.15, 0.2) is 77.2 Å². The molecule has 0 aliphatic carbocycles. The molecule has 228 valence electrons. The van der Waals surface area contributed by atoms with Crippen LogP contribution in [0.25, 0.3) is 55.8 Å². The van der Waals surface area contributed by atoms with Gasteiger partial charge >= 0.3 is 0 Å². The second kappa shape index (κ2) is 10.5. The topological polar surface area (TPSA) is 133 Å². The molecule has 0 atom stereocenters. The second-order valence-corrected chi connectivity index (χ2v) is 12.8. The van der Waals surface area contributed by atoms with E-state index in [2.05, 4.69) is 5.32 Å². The largest absolute Gasteiger partial charge is 0.470 e. The van der Waals surface area contributed by atoms with Gasteiger partial charge < -0.3 is 24.8 Å². The molecule has 4 heterocycles. The van der Waals surface area contributed by atoms with E-state index in [9.17, 15) is 17.6 Å². The Morgan fingerprint density at radius 2 is 1.89 bits per heavy atom. The lowest BCUT2D eigenvalue weighted by Crippen LogP contribution is -2.25. The van der Waals surface area contributed by atoms with E-state index in [0.717, 1.165) is 32.7 Å². The van der Waals surface area contributed by atoms with Crippen molar-refractivity contribution in [1.82, 2.24) is 14.9 Å². The van der Waals surface area contributed by atoms with Gasteiger partial charge in [0.2, 0.25) is 10.0 Å². The molecule has 3 N–H and O–H groups in total. The highest BCUT2D eigenvalue weighted by molar-refractivity contribution is 7.92. The Hall–Kier alpha value is -5.20. The zero-order valence-electron chi connectivity index (χ0n) is 24.6. The molecule has 3 aromatic heterocycles. The van der Waals surface area contributed by atoms with Gasteiger partial charge in [-0.3, -0.25) is 9.10 Å². The average molecular weight is 626 g/mol. The number of amides is 1. The number of carbonyl (C=O) groups excluding carboxylic acids is 1. The first-order valence-corrected chi connectivity index (χ1v) is 15.9. The Kier molecular flexibility index (Phi) is 6.64. The summed E-state index contributed by atoms with van der Waals surface area (Å²) in [4.78, 5) is 18.3. The molecule has 12 heteroatoms. The molecule has 0 unspecified atom stereocenters. The van der Waals surface area contributed by atoms with Crippen molar-refractivity contribution in [2.45, 2.75) is 13.3 Å². The van der Waals surface area contributed by atoms with Gasteiger partial charge in [-0.05, 0) is 54.1 Å². The van der Waals surface area contributed by atoms with Crippen LogP contribution >= 0.6 is 0 Å². The smallest absolute Gasteiger partial charge is 0.255 e. The molecule has 7 rings (SSSR count). The maximum absolute atomic E-state index is 13.7. The minimum absolute atomic E-state index is 0.224. The number of furan rings is 1. The van der Waals surface area contributed by atoms with Crippen molar-refractivity contribution in [1.29, 1.82) is 0 Å². The zero-order valence-corrected chi connectivity index (χ0v) is 25.4. The maximum Gasteiger partial charge on any atom is 0.255 e. The van der Waals surface area contributed by atoms with E-state index in [1.165, 1.54) is 38.4 Å². The van der Waals surface area contributed by atoms with Crippen LogP contribution in [0.5, 0.6) is 5.75 Å². The van der Waals surface area contributed by atoms with Crippen LogP contribution in [0, 0.1) is 5.82 Å². The Bertz CT molecular complexity index is 2280. The van der Waals surface area contributed by atoms with E-state index >= 15 is 0 Å². The Morgan fingerprint density at radius 1 is 1.11 bits per heavy atom. The predicted molar refractivity (Wildman–Crippen MR) is 171 cm³/mol. The zero-order chi connectivity index (χ0) is 31.6. The summed E-state index contributed by atoms with van der Waals surface area (Å²) in [5.74, 6) is -0.0522. The third-order valence-electron chi connectivity index (χ3n) is 8.15. The van der Waals surface area contributed by atoms with Crippen LogP contribution in [0.3, 0.4) is 0 Å². The van der Waals surface area contributed by atoms with Crippen LogP contribution in [0.2, 0.25) is 0 Å². The SMILES string of the molecule is CNC(=O)c1c(-c2ccc(F)cc2)oc2cc(N(C)S(C)(=O)=O)c(-c3ccc4c(n3)-c3cc5cccc(CN)c5n3CO4)cc12. The lowest BCUT2D eigenvalue weighted by atomic mass is 10.0. The van der Waals surface area contributed by atoms with Crippen molar-refractivity contribution >= 4 is 43.5 Å². The minimum Gasteiger partial charge on any atom is -0.470 e. The molecule has 0 spiro atoms. The van der Waals surface area contributed by atoms with Crippen LogP contribution in [-0.4, -0.2) is 44.2 Å². The number of hydrogen-bond donors (Lipinski definition) is 2. The Morgan fingerprint density at radius 3 is 2.60 bits per heavy atom. The molecule has 0 saturated heterocycles. The summed E-state index contributed by atoms with van der Waals surface area (Å²) >= 11 is 0. The highest BCUT2D eigenvalue weighted by Crippen LogP contribution is 2.43. The van der Waals surface area contributed by atoms with Crippen molar-refractivity contribution in [2.75, 3.05) is 24.7 Å². The fraction of sp³-hybridized carbons (Fsp3) is 0.152. The summed E-state index contributed by atoms with van der Waals surface area (Å²) < 4.78 is 54.8. The number of sulfonamides is 1. The van der Waals surface area contributed by atoms with Crippen LogP contribution in [-0.2, 0) is 23.3 Å². The van der Waals surface area contributed by atoms with E-state index in [0.29, 0.717) is 45.9 Å². The standard InChI is InChI=1S/C33H28FN5O5S/c1-36-33(40)29-23-14-22(25(38(2)45(3,41)42)15-28(23)44-32(29)18-7-9-21(34)10-8-18)24-11-12-27-30(37-24)26-13-19-5-4-6-20(16-35)31(19)39(26)17-43-27/h4-15H,16-17,35H2,1-3H3,(H,36,40). The number of nitrogens with zero attached hydrogens (tertiary/aromatic N) is 3. The summed E-state index contributed by atoms with van der Waals surface area (Å²) in [5.41, 5.74) is 11.6. The molecule has 0 radical (unpaired) electrons. The third-order valence-corrected chi connectivity index (χ3v) is 9.34. The molecule has 1 aliphatic heterocycles. The number of ether oxygens (including phenoxy) is 1. The highest BCUT2D eigenvalue weighted by Gasteiger charge is 2.28. The maximum atomic E-state index is 13.7. The molecule has 3 aromatic carbocycles. The number of halogens is 1. The van der Waals surface area contributed by atoms with E-state index < -0.39 is 21.7 Å². The van der Waals surface area contributed by atoms with Crippen molar-refractivity contribution in [3.63, 3.8) is 0 Å². The van der Waals surface area contributed by atoms with Gasteiger partial charge in [0.15, 0.2) is 6.73 Å². The number of hydrogen-bond acceptors (Lipinski definition) is 7. The lowest BCUT2D eigenvalue weighted by Gasteiger charge is -2.23. The number of nitrogens with one attached hydrogen (secondary N) is 1. The lowest BCUT2D eigenvalue weighted by molar-refractivity contribution is 0.0964. The van der Waals surface area contributed by atoms with Gasteiger partial charge in [-0.2, -0.15) is 0 Å². The van der Waals surface area contributed by atoms with Crippen molar-refractivity contribution in [3.05, 3.63) is 89.7 Å². The molecule has 10 nitrogen and oxygen atoms in total. The number of para-hydroxylation sites is 1. The number of rotatable bonds is 6. The monoisotopic (exact) mass is 625 g/mol. The van der Waals surface area contributed by atoms with Gasteiger partial charge in [-0.15, -0.1) is 0 Å². The highest BCUT2D eigenvalue weighted by atomic mass is 32.2. The van der Waals surface area contributed by atoms with Crippen LogP contribution < -0.4 is 20.1 Å². The van der Waals surface area contributed by atoms with Gasteiger partial charge in [0, 0.05) is 48.6 Å². The van der Waals surface area contributed by atoms with Crippen LogP contribution in [0.1, 0.15) is 15.9 Å². The van der Waals surface area contributed by atoms with Crippen molar-refractivity contribution in [2.24, 2.45) is 5.73 Å². The second-order valence-electron chi connectivity index (χ2n) is 10.8. The quantitative estimate of drug-likeness (QED) is 0.250. The average Bonchev–Trinajstić information content (AvgIpc) is 3.61. The fourth-order valence-corrected chi connectivity index (χ4v) is 6.37. The first kappa shape index (κ1) is 28.6. The molecule has 1 aliphatic rings. The number of fused-ring (bicyclic) bond motifs is 6. The number of nitrogens with two attached hydrogens (primary N) is 1. The Labute approximate surface area is 257 Å². The molecule has 0 fully saturated rings. The number of pyridine rings is 1. The van der Waals surface area contributed by atoms with E-state index in [4.69, 9.17) is 19.9 Å². The third kappa shape index (κ3) is 4.61. The predicted octanol–water partition coefficient (Wildman–Crippen LogP) is 5.49. The first-order valence-electron chi connectivity index (χ1n) is 14.1. The molecule has 1 amide bonds. The number of aromatic nitrogens is 2. The first-order chi connectivity index (χ1) is 21.6. The fourth-order valence-electron chi connectivity index (χ4n) is 5.86. The van der Waals surface area contributed by atoms with Gasteiger partial charge in [0.05, 0.1) is 34.4 Å². The minimum atomic E-state index is -3.73. The normalized spacial score (nSPS) is 12.6. The molecular weight excluding hydrogens is 597 g/mol. The molecule has 0 saturated carbocycles. The number of benzene rings is 3. The van der Waals surface area contributed by atoms with Gasteiger partial charge in [0.25, 0.3) is 5.91 Å². The molecule has 45 heavy (non-hydrogen) atoms. The Balaban J connectivity index is 1.49. The number of anilines is 1.